The summed E-state index contributed by atoms with van der Waals surface area (Å²) in [5.41, 5.74) is -0.585. The summed E-state index contributed by atoms with van der Waals surface area (Å²) in [7, 11) is 0. The minimum atomic E-state index is -1.49. The fourth-order valence-electron chi connectivity index (χ4n) is 3.13. The van der Waals surface area contributed by atoms with Crippen molar-refractivity contribution in [1.82, 2.24) is 0 Å². The summed E-state index contributed by atoms with van der Waals surface area (Å²) in [6.45, 7) is 5.09. The Hall–Kier alpha value is 0.960. The number of epoxide rings is 1. The Morgan fingerprint density at radius 2 is 1.83 bits per heavy atom. The normalized spacial score (nSPS) is 39.8. The van der Waals surface area contributed by atoms with E-state index in [1.54, 1.807) is 0 Å². The molecule has 0 radical (unpaired) electrons. The molecule has 0 N–H and O–H groups in total. The summed E-state index contributed by atoms with van der Waals surface area (Å²) in [4.78, 5) is -2.42. The van der Waals surface area contributed by atoms with Gasteiger partial charge in [0.1, 0.15) is 21.5 Å². The van der Waals surface area contributed by atoms with Gasteiger partial charge in [0.25, 0.3) is 0 Å². The molecule has 2 aliphatic carbocycles. The number of allylic oxidation sites excluding steroid dienone is 2. The maximum absolute atomic E-state index is 6.71. The number of alkyl halides is 4. The number of hydrogen-bond donors (Lipinski definition) is 0. The van der Waals surface area contributed by atoms with Crippen LogP contribution in [-0.4, -0.2) is 39.0 Å². The Morgan fingerprint density at radius 3 is 2.33 bits per heavy atom. The molecule has 0 aromatic heterocycles. The van der Waals surface area contributed by atoms with Crippen LogP contribution in [0.2, 0.25) is 0 Å². The van der Waals surface area contributed by atoms with Gasteiger partial charge in [-0.15, -0.1) is 23.2 Å². The van der Waals surface area contributed by atoms with Crippen molar-refractivity contribution in [3.63, 3.8) is 0 Å². The molecule has 134 valence electrons. The van der Waals surface area contributed by atoms with E-state index >= 15 is 0 Å². The summed E-state index contributed by atoms with van der Waals surface area (Å²) >= 11 is 38.7. The van der Waals surface area contributed by atoms with E-state index in [9.17, 15) is 0 Å². The van der Waals surface area contributed by atoms with Crippen LogP contribution in [0.4, 0.5) is 0 Å². The van der Waals surface area contributed by atoms with Gasteiger partial charge < -0.3 is 9.47 Å². The molecule has 8 heteroatoms. The molecule has 2 nitrogen and oxygen atoms in total. The number of rotatable bonds is 4. The van der Waals surface area contributed by atoms with E-state index in [2.05, 4.69) is 11.8 Å². The Morgan fingerprint density at radius 1 is 1.21 bits per heavy atom. The second kappa shape index (κ2) is 6.25. The van der Waals surface area contributed by atoms with Crippen molar-refractivity contribution < 1.29 is 9.47 Å². The molecule has 1 saturated heterocycles. The fourth-order valence-corrected chi connectivity index (χ4v) is 5.98. The lowest BCUT2D eigenvalue weighted by Gasteiger charge is -2.33. The Labute approximate surface area is 172 Å². The van der Waals surface area contributed by atoms with Crippen LogP contribution in [0, 0.1) is 17.8 Å². The molecule has 1 aliphatic heterocycles. The average Bonchev–Trinajstić information content (AvgIpc) is 3.28. The molecule has 24 heavy (non-hydrogen) atoms. The highest BCUT2D eigenvalue weighted by Crippen LogP contribution is 2.74. The quantitative estimate of drug-likeness (QED) is 0.322. The minimum absolute atomic E-state index is 0.193. The van der Waals surface area contributed by atoms with Crippen molar-refractivity contribution in [2.45, 2.75) is 52.5 Å². The van der Waals surface area contributed by atoms with E-state index in [0.29, 0.717) is 19.4 Å². The lowest BCUT2D eigenvalue weighted by atomic mass is 9.89. The molecule has 0 aromatic carbocycles. The molecular formula is C16H16Cl6O2. The fraction of sp³-hybridized carbons (Fsp3) is 0.750. The van der Waals surface area contributed by atoms with Crippen molar-refractivity contribution >= 4 is 69.6 Å². The van der Waals surface area contributed by atoms with E-state index in [0.717, 1.165) is 6.61 Å². The lowest BCUT2D eigenvalue weighted by molar-refractivity contribution is 0.0177. The topological polar surface area (TPSA) is 21.8 Å². The minimum Gasteiger partial charge on any atom is -0.371 e. The van der Waals surface area contributed by atoms with Crippen LogP contribution in [-0.2, 0) is 9.47 Å². The molecule has 2 bridgehead atoms. The monoisotopic (exact) mass is 450 g/mol. The zero-order chi connectivity index (χ0) is 18.0. The first-order valence-corrected chi connectivity index (χ1v) is 9.80. The first kappa shape index (κ1) is 19.7. The van der Waals surface area contributed by atoms with Crippen LogP contribution in [0.1, 0.15) is 26.7 Å². The molecule has 4 unspecified atom stereocenters. The van der Waals surface area contributed by atoms with E-state index in [-0.39, 0.29) is 22.1 Å². The molecular weight excluding hydrogens is 437 g/mol. The van der Waals surface area contributed by atoms with Crippen LogP contribution < -0.4 is 0 Å². The van der Waals surface area contributed by atoms with E-state index in [1.165, 1.54) is 0 Å². The molecule has 4 atom stereocenters. The van der Waals surface area contributed by atoms with Crippen molar-refractivity contribution in [2.75, 3.05) is 13.2 Å². The van der Waals surface area contributed by atoms with Crippen molar-refractivity contribution in [3.05, 3.63) is 10.1 Å². The van der Waals surface area contributed by atoms with Crippen molar-refractivity contribution in [1.29, 1.82) is 0 Å². The molecule has 3 rings (SSSR count). The molecule has 1 saturated carbocycles. The molecule has 2 fully saturated rings. The highest BCUT2D eigenvalue weighted by molar-refractivity contribution is 6.65. The van der Waals surface area contributed by atoms with Crippen LogP contribution in [0.15, 0.2) is 10.1 Å². The first-order chi connectivity index (χ1) is 11.0. The summed E-state index contributed by atoms with van der Waals surface area (Å²) in [6, 6.07) is 0. The average molecular weight is 453 g/mol. The number of hydrogen-bond acceptors (Lipinski definition) is 2. The predicted octanol–water partition coefficient (Wildman–Crippen LogP) is 5.43. The lowest BCUT2D eigenvalue weighted by Crippen LogP contribution is -2.44. The maximum atomic E-state index is 6.71. The highest BCUT2D eigenvalue weighted by Gasteiger charge is 2.78. The molecule has 0 amide bonds. The van der Waals surface area contributed by atoms with Crippen LogP contribution in [0.5, 0.6) is 0 Å². The van der Waals surface area contributed by atoms with Crippen LogP contribution in [0.25, 0.3) is 0 Å². The third kappa shape index (κ3) is 2.88. The summed E-state index contributed by atoms with van der Waals surface area (Å²) in [6.07, 6.45) is 1.04. The highest BCUT2D eigenvalue weighted by atomic mass is 35.5. The zero-order valence-electron chi connectivity index (χ0n) is 13.1. The number of halogens is 6. The van der Waals surface area contributed by atoms with Crippen LogP contribution >= 0.6 is 69.6 Å². The van der Waals surface area contributed by atoms with Crippen LogP contribution in [0.3, 0.4) is 0 Å². The molecule has 1 heterocycles. The first-order valence-electron chi connectivity index (χ1n) is 7.53. The third-order valence-electron chi connectivity index (χ3n) is 4.68. The van der Waals surface area contributed by atoms with Gasteiger partial charge in [-0.3, -0.25) is 0 Å². The second-order valence-electron chi connectivity index (χ2n) is 6.90. The van der Waals surface area contributed by atoms with Gasteiger partial charge in [0.05, 0.1) is 23.3 Å². The van der Waals surface area contributed by atoms with Gasteiger partial charge in [0, 0.05) is 6.42 Å². The summed E-state index contributed by atoms with van der Waals surface area (Å²) in [5.74, 6) is 6.00. The van der Waals surface area contributed by atoms with Gasteiger partial charge in [-0.2, -0.15) is 0 Å². The SMILES string of the molecule is CC(C)(C#CCC1CC2(Cl)C(Cl)=C(Cl)C1(Cl)C2(Cl)Cl)OCC1CO1. The van der Waals surface area contributed by atoms with Gasteiger partial charge in [0.15, 0.2) is 4.33 Å². The van der Waals surface area contributed by atoms with E-state index < -0.39 is 19.7 Å². The molecule has 3 aliphatic rings. The largest absolute Gasteiger partial charge is 0.371 e. The van der Waals surface area contributed by atoms with Gasteiger partial charge in [0.2, 0.25) is 0 Å². The van der Waals surface area contributed by atoms with Gasteiger partial charge in [-0.1, -0.05) is 58.2 Å². The summed E-state index contributed by atoms with van der Waals surface area (Å²) in [5, 5.41) is 0.438. The Kier molecular flexibility index (Phi) is 5.13. The Bertz CT molecular complexity index is 645. The number of ether oxygens (including phenoxy) is 2. The molecule has 0 spiro atoms. The smallest absolute Gasteiger partial charge is 0.166 e. The third-order valence-corrected chi connectivity index (χ3v) is 9.00. The maximum Gasteiger partial charge on any atom is 0.166 e. The number of fused-ring (bicyclic) bond motifs is 2. The van der Waals surface area contributed by atoms with Crippen molar-refractivity contribution in [2.24, 2.45) is 5.92 Å². The van der Waals surface area contributed by atoms with Crippen molar-refractivity contribution in [3.8, 4) is 11.8 Å². The van der Waals surface area contributed by atoms with Gasteiger partial charge in [-0.25, -0.2) is 0 Å². The van der Waals surface area contributed by atoms with E-state index in [4.69, 9.17) is 79.1 Å². The standard InChI is InChI=1S/C16H16Cl6O2/c1-13(2,24-8-10-7-23-10)5-3-4-9-6-14(19)11(17)12(18)15(9,20)16(14,21)22/h9-10H,4,6-8H2,1-2H3. The zero-order valence-corrected chi connectivity index (χ0v) is 17.6. The Balaban J connectivity index is 1.73. The second-order valence-corrected chi connectivity index (χ2v) is 10.2. The predicted molar refractivity (Wildman–Crippen MR) is 101 cm³/mol. The molecule has 0 aromatic rings. The van der Waals surface area contributed by atoms with Gasteiger partial charge >= 0.3 is 0 Å². The van der Waals surface area contributed by atoms with E-state index in [1.807, 2.05) is 13.8 Å². The van der Waals surface area contributed by atoms with Gasteiger partial charge in [-0.05, 0) is 26.2 Å². The summed E-state index contributed by atoms with van der Waals surface area (Å²) < 4.78 is 9.38.